The van der Waals surface area contributed by atoms with Gasteiger partial charge in [-0.05, 0) is 46.4 Å². The van der Waals surface area contributed by atoms with Crippen LogP contribution >= 0.6 is 0 Å². The van der Waals surface area contributed by atoms with Crippen LogP contribution in [0.2, 0.25) is 0 Å². The van der Waals surface area contributed by atoms with Crippen molar-refractivity contribution in [3.05, 3.63) is 0 Å². The van der Waals surface area contributed by atoms with Crippen LogP contribution in [0.25, 0.3) is 0 Å². The number of rotatable bonds is 6. The van der Waals surface area contributed by atoms with Crippen molar-refractivity contribution in [3.8, 4) is 0 Å². The summed E-state index contributed by atoms with van der Waals surface area (Å²) in [6, 6.07) is 0.789. The maximum absolute atomic E-state index is 3.53. The zero-order valence-corrected chi connectivity index (χ0v) is 11.0. The molecule has 1 aliphatic rings. The van der Waals surface area contributed by atoms with E-state index in [1.54, 1.807) is 0 Å². The second-order valence-electron chi connectivity index (χ2n) is 3.99. The number of hydrogen-bond donors (Lipinski definition) is 2. The number of nitrogens with one attached hydrogen (secondary N) is 2. The standard InChI is InChI=1S/C10H23N3.C2H6/c1-11-7-9-13(2)8-5-10-4-3-6-12-10;1-2/h10-12H,3-9H2,1-2H3;1-2H3. The largest absolute Gasteiger partial charge is 0.318 e. The van der Waals surface area contributed by atoms with Crippen LogP contribution in [0.15, 0.2) is 0 Å². The highest BCUT2D eigenvalue weighted by molar-refractivity contribution is 4.74. The lowest BCUT2D eigenvalue weighted by Crippen LogP contribution is -2.32. The van der Waals surface area contributed by atoms with E-state index >= 15 is 0 Å². The third-order valence-corrected chi connectivity index (χ3v) is 2.77. The van der Waals surface area contributed by atoms with Gasteiger partial charge in [0.1, 0.15) is 0 Å². The molecule has 0 radical (unpaired) electrons. The number of nitrogens with zero attached hydrogens (tertiary/aromatic N) is 1. The summed E-state index contributed by atoms with van der Waals surface area (Å²) in [4.78, 5) is 2.40. The van der Waals surface area contributed by atoms with Crippen LogP contribution in [0.4, 0.5) is 0 Å². The third kappa shape index (κ3) is 7.77. The highest BCUT2D eigenvalue weighted by Crippen LogP contribution is 2.08. The molecule has 0 aromatic rings. The van der Waals surface area contributed by atoms with Crippen molar-refractivity contribution in [1.29, 1.82) is 0 Å². The van der Waals surface area contributed by atoms with Crippen molar-refractivity contribution in [2.45, 2.75) is 39.2 Å². The molecule has 0 spiro atoms. The van der Waals surface area contributed by atoms with Gasteiger partial charge in [0.25, 0.3) is 0 Å². The Morgan fingerprint density at radius 3 is 2.60 bits per heavy atom. The first-order chi connectivity index (χ1) is 7.33. The average molecular weight is 215 g/mol. The molecule has 0 aromatic heterocycles. The minimum Gasteiger partial charge on any atom is -0.318 e. The zero-order chi connectivity index (χ0) is 11.5. The Bertz CT molecular complexity index is 122. The summed E-state index contributed by atoms with van der Waals surface area (Å²) in [5.74, 6) is 0. The van der Waals surface area contributed by atoms with Crippen molar-refractivity contribution >= 4 is 0 Å². The molecular formula is C12H29N3. The molecular weight excluding hydrogens is 186 g/mol. The van der Waals surface area contributed by atoms with Gasteiger partial charge in [0.15, 0.2) is 0 Å². The molecule has 1 fully saturated rings. The maximum atomic E-state index is 3.53. The van der Waals surface area contributed by atoms with Gasteiger partial charge < -0.3 is 15.5 Å². The highest BCUT2D eigenvalue weighted by atomic mass is 15.1. The second-order valence-corrected chi connectivity index (χ2v) is 3.99. The normalized spacial score (nSPS) is 20.2. The molecule has 3 nitrogen and oxygen atoms in total. The Morgan fingerprint density at radius 1 is 1.33 bits per heavy atom. The van der Waals surface area contributed by atoms with E-state index in [2.05, 4.69) is 22.6 Å². The quantitative estimate of drug-likeness (QED) is 0.699. The summed E-state index contributed by atoms with van der Waals surface area (Å²) in [6.45, 7) is 8.70. The summed E-state index contributed by atoms with van der Waals surface area (Å²) in [6.07, 6.45) is 4.05. The van der Waals surface area contributed by atoms with Crippen LogP contribution in [0.1, 0.15) is 33.1 Å². The van der Waals surface area contributed by atoms with Crippen LogP contribution in [-0.4, -0.2) is 51.2 Å². The van der Waals surface area contributed by atoms with Crippen LogP contribution in [0.5, 0.6) is 0 Å². The second kappa shape index (κ2) is 10.4. The lowest BCUT2D eigenvalue weighted by atomic mass is 10.1. The molecule has 1 aliphatic heterocycles. The predicted molar refractivity (Wildman–Crippen MR) is 68.4 cm³/mol. The predicted octanol–water partition coefficient (Wildman–Crippen LogP) is 1.31. The summed E-state index contributed by atoms with van der Waals surface area (Å²) >= 11 is 0. The molecule has 0 bridgehead atoms. The van der Waals surface area contributed by atoms with E-state index in [1.807, 2.05) is 20.9 Å². The summed E-state index contributed by atoms with van der Waals surface area (Å²) in [7, 11) is 4.21. The van der Waals surface area contributed by atoms with E-state index in [0.29, 0.717) is 0 Å². The van der Waals surface area contributed by atoms with Gasteiger partial charge in [-0.1, -0.05) is 13.8 Å². The molecule has 0 aliphatic carbocycles. The Balaban J connectivity index is 0.000000921. The minimum absolute atomic E-state index is 0.789. The van der Waals surface area contributed by atoms with Crippen LogP contribution in [0, 0.1) is 0 Å². The summed E-state index contributed by atoms with van der Waals surface area (Å²) < 4.78 is 0. The SMILES string of the molecule is CC.CNCCN(C)CCC1CCCN1. The van der Waals surface area contributed by atoms with E-state index in [9.17, 15) is 0 Å². The van der Waals surface area contributed by atoms with Gasteiger partial charge in [0, 0.05) is 19.1 Å². The third-order valence-electron chi connectivity index (χ3n) is 2.77. The van der Waals surface area contributed by atoms with Crippen LogP contribution < -0.4 is 10.6 Å². The highest BCUT2D eigenvalue weighted by Gasteiger charge is 2.13. The maximum Gasteiger partial charge on any atom is 0.0104 e. The molecule has 1 saturated heterocycles. The molecule has 1 unspecified atom stereocenters. The van der Waals surface area contributed by atoms with Crippen molar-refractivity contribution < 1.29 is 0 Å². The lowest BCUT2D eigenvalue weighted by Gasteiger charge is -2.18. The van der Waals surface area contributed by atoms with Gasteiger partial charge in [0.05, 0.1) is 0 Å². The van der Waals surface area contributed by atoms with Crippen molar-refractivity contribution in [2.75, 3.05) is 40.3 Å². The average Bonchev–Trinajstić information content (AvgIpc) is 2.79. The Labute approximate surface area is 95.6 Å². The van der Waals surface area contributed by atoms with E-state index in [1.165, 1.54) is 32.4 Å². The molecule has 92 valence electrons. The van der Waals surface area contributed by atoms with E-state index < -0.39 is 0 Å². The van der Waals surface area contributed by atoms with Gasteiger partial charge >= 0.3 is 0 Å². The summed E-state index contributed by atoms with van der Waals surface area (Å²) in [5, 5.41) is 6.70. The topological polar surface area (TPSA) is 27.3 Å². The zero-order valence-electron chi connectivity index (χ0n) is 11.0. The molecule has 0 saturated carbocycles. The van der Waals surface area contributed by atoms with Crippen molar-refractivity contribution in [2.24, 2.45) is 0 Å². The Morgan fingerprint density at radius 2 is 2.07 bits per heavy atom. The van der Waals surface area contributed by atoms with Gasteiger partial charge in [-0.25, -0.2) is 0 Å². The number of likely N-dealkylation sites (N-methyl/N-ethyl adjacent to an activating group) is 2. The van der Waals surface area contributed by atoms with Crippen molar-refractivity contribution in [3.63, 3.8) is 0 Å². The minimum atomic E-state index is 0.789. The van der Waals surface area contributed by atoms with Crippen LogP contribution in [-0.2, 0) is 0 Å². The van der Waals surface area contributed by atoms with Gasteiger partial charge in [-0.3, -0.25) is 0 Å². The molecule has 1 rings (SSSR count). The first-order valence-corrected chi connectivity index (χ1v) is 6.39. The molecule has 15 heavy (non-hydrogen) atoms. The van der Waals surface area contributed by atoms with E-state index in [-0.39, 0.29) is 0 Å². The summed E-state index contributed by atoms with van der Waals surface area (Å²) in [5.41, 5.74) is 0. The van der Waals surface area contributed by atoms with E-state index in [4.69, 9.17) is 0 Å². The van der Waals surface area contributed by atoms with Crippen molar-refractivity contribution in [1.82, 2.24) is 15.5 Å². The molecule has 1 heterocycles. The van der Waals surface area contributed by atoms with E-state index in [0.717, 1.165) is 19.1 Å². The molecule has 0 amide bonds. The molecule has 3 heteroatoms. The Kier molecular flexibility index (Phi) is 10.3. The fourth-order valence-corrected chi connectivity index (χ4v) is 1.79. The smallest absolute Gasteiger partial charge is 0.0104 e. The Hall–Kier alpha value is -0.120. The lowest BCUT2D eigenvalue weighted by molar-refractivity contribution is 0.314. The molecule has 1 atom stereocenters. The monoisotopic (exact) mass is 215 g/mol. The fourth-order valence-electron chi connectivity index (χ4n) is 1.79. The first kappa shape index (κ1) is 14.9. The first-order valence-electron chi connectivity index (χ1n) is 6.39. The fraction of sp³-hybridized carbons (Fsp3) is 1.00. The number of hydrogen-bond acceptors (Lipinski definition) is 3. The van der Waals surface area contributed by atoms with Crippen LogP contribution in [0.3, 0.4) is 0 Å². The molecule has 2 N–H and O–H groups in total. The van der Waals surface area contributed by atoms with Gasteiger partial charge in [0.2, 0.25) is 0 Å². The molecule has 0 aromatic carbocycles. The van der Waals surface area contributed by atoms with Gasteiger partial charge in [-0.2, -0.15) is 0 Å². The van der Waals surface area contributed by atoms with Gasteiger partial charge in [-0.15, -0.1) is 0 Å².